The van der Waals surface area contributed by atoms with Crippen LogP contribution in [0.4, 0.5) is 5.95 Å². The van der Waals surface area contributed by atoms with Gasteiger partial charge in [-0.05, 0) is 134 Å². The SMILES string of the molecule is CCCCCCCCCCCCCOC(=O)C(C)C(C)C.Cc1nc(C)nc(N(CCCCCCN(C)C2CC(C)(C)NC(C)(C)C2)C2CC(C)(C)NC(C)(C)C2)n1. The van der Waals surface area contributed by atoms with E-state index >= 15 is 0 Å². The molecule has 0 radical (unpaired) electrons. The number of nitrogens with one attached hydrogen (secondary N) is 2. The predicted octanol–water partition coefficient (Wildman–Crippen LogP) is 11.5. The standard InChI is InChI=1S/C30H57N7.C19H38O2/c1-22-31-23(2)33-26(32-22)37(25-20-29(7,8)35-30(9,10)21-25)17-15-13-12-14-16-36(11)24-18-27(3,4)34-28(5,6)19-24;1-5-6-7-8-9-10-11-12-13-14-15-16-21-19(20)18(4)17(2)3/h24-25,34-35H,12-21H2,1-11H3;17-18H,5-16H2,1-4H3. The van der Waals surface area contributed by atoms with Gasteiger partial charge in [0.25, 0.3) is 0 Å². The Morgan fingerprint density at radius 3 is 1.47 bits per heavy atom. The number of unbranched alkanes of at least 4 members (excludes halogenated alkanes) is 13. The van der Waals surface area contributed by atoms with Crippen LogP contribution in [-0.4, -0.2) is 86.8 Å². The number of aryl methyl sites for hydroxylation is 2. The molecule has 2 aliphatic rings. The van der Waals surface area contributed by atoms with Crippen molar-refractivity contribution in [2.24, 2.45) is 11.8 Å². The Morgan fingerprint density at radius 1 is 0.621 bits per heavy atom. The number of ether oxygens (including phenoxy) is 1. The van der Waals surface area contributed by atoms with Gasteiger partial charge in [0.1, 0.15) is 11.6 Å². The lowest BCUT2D eigenvalue weighted by Gasteiger charge is -2.49. The summed E-state index contributed by atoms with van der Waals surface area (Å²) in [5.41, 5.74) is 0.579. The summed E-state index contributed by atoms with van der Waals surface area (Å²) >= 11 is 0. The van der Waals surface area contributed by atoms with Crippen LogP contribution in [0.5, 0.6) is 0 Å². The lowest BCUT2D eigenvalue weighted by atomic mass is 9.79. The van der Waals surface area contributed by atoms with Crippen molar-refractivity contribution in [2.75, 3.05) is 31.6 Å². The van der Waals surface area contributed by atoms with E-state index < -0.39 is 0 Å². The number of hydrogen-bond acceptors (Lipinski definition) is 9. The number of nitrogens with zero attached hydrogens (tertiary/aromatic N) is 5. The van der Waals surface area contributed by atoms with Crippen LogP contribution in [0.2, 0.25) is 0 Å². The molecule has 0 bridgehead atoms. The first-order valence-corrected chi connectivity index (χ1v) is 24.0. The zero-order chi connectivity index (χ0) is 43.6. The van der Waals surface area contributed by atoms with Gasteiger partial charge >= 0.3 is 5.97 Å². The molecule has 9 heteroatoms. The summed E-state index contributed by atoms with van der Waals surface area (Å²) in [6.07, 6.45) is 24.1. The smallest absolute Gasteiger partial charge is 0.308 e. The van der Waals surface area contributed by atoms with E-state index in [1.54, 1.807) is 0 Å². The minimum absolute atomic E-state index is 0.0257. The number of hydrogen-bond donors (Lipinski definition) is 2. The van der Waals surface area contributed by atoms with E-state index in [4.69, 9.17) is 14.7 Å². The zero-order valence-corrected chi connectivity index (χ0v) is 40.9. The number of anilines is 1. The van der Waals surface area contributed by atoms with Crippen molar-refractivity contribution < 1.29 is 9.53 Å². The highest BCUT2D eigenvalue weighted by molar-refractivity contribution is 5.72. The van der Waals surface area contributed by atoms with Crippen LogP contribution in [0.15, 0.2) is 0 Å². The fourth-order valence-corrected chi connectivity index (χ4v) is 9.76. The van der Waals surface area contributed by atoms with Crippen molar-refractivity contribution in [3.05, 3.63) is 11.6 Å². The van der Waals surface area contributed by atoms with Gasteiger partial charge in [-0.1, -0.05) is 105 Å². The quantitative estimate of drug-likeness (QED) is 0.0781. The van der Waals surface area contributed by atoms with Gasteiger partial charge in [0, 0.05) is 40.8 Å². The van der Waals surface area contributed by atoms with Crippen LogP contribution in [-0.2, 0) is 9.53 Å². The second-order valence-electron chi connectivity index (χ2n) is 21.5. The number of esters is 1. The third-order valence-electron chi connectivity index (χ3n) is 12.5. The molecule has 9 nitrogen and oxygen atoms in total. The summed E-state index contributed by atoms with van der Waals surface area (Å²) in [6, 6.07) is 1.08. The van der Waals surface area contributed by atoms with Crippen molar-refractivity contribution in [2.45, 2.75) is 253 Å². The molecular weight excluding hydrogens is 719 g/mol. The second-order valence-corrected chi connectivity index (χ2v) is 21.5. The van der Waals surface area contributed by atoms with Gasteiger partial charge in [0.05, 0.1) is 12.5 Å². The molecule has 1 unspecified atom stereocenters. The Morgan fingerprint density at radius 2 is 1.02 bits per heavy atom. The lowest BCUT2D eigenvalue weighted by Crippen LogP contribution is -2.62. The first kappa shape index (κ1) is 52.3. The van der Waals surface area contributed by atoms with Crippen LogP contribution < -0.4 is 15.5 Å². The van der Waals surface area contributed by atoms with Gasteiger partial charge < -0.3 is 25.2 Å². The number of aromatic nitrogens is 3. The highest BCUT2D eigenvalue weighted by atomic mass is 16.5. The first-order chi connectivity index (χ1) is 27.1. The molecule has 2 aliphatic heterocycles. The molecule has 2 saturated heterocycles. The maximum atomic E-state index is 11.6. The summed E-state index contributed by atoms with van der Waals surface area (Å²) in [5.74, 6) is 2.85. The van der Waals surface area contributed by atoms with Gasteiger partial charge in [-0.2, -0.15) is 9.97 Å². The van der Waals surface area contributed by atoms with Crippen molar-refractivity contribution >= 4 is 11.9 Å². The number of carbonyl (C=O) groups excluding carboxylic acids is 1. The summed E-state index contributed by atoms with van der Waals surface area (Å²) in [6.45, 7) is 33.8. The molecule has 0 aromatic carbocycles. The maximum absolute atomic E-state index is 11.6. The van der Waals surface area contributed by atoms with Crippen LogP contribution in [0.1, 0.15) is 217 Å². The topological polar surface area (TPSA) is 95.5 Å². The van der Waals surface area contributed by atoms with Gasteiger partial charge in [0.15, 0.2) is 0 Å². The molecule has 2 fully saturated rings. The summed E-state index contributed by atoms with van der Waals surface area (Å²) in [4.78, 5) is 30.8. The van der Waals surface area contributed by atoms with Crippen LogP contribution >= 0.6 is 0 Å². The van der Waals surface area contributed by atoms with Gasteiger partial charge in [-0.15, -0.1) is 0 Å². The van der Waals surface area contributed by atoms with Gasteiger partial charge in [-0.25, -0.2) is 4.98 Å². The molecule has 0 saturated carbocycles. The predicted molar refractivity (Wildman–Crippen MR) is 248 cm³/mol. The molecule has 3 rings (SSSR count). The highest BCUT2D eigenvalue weighted by Gasteiger charge is 2.41. The average molecular weight is 814 g/mol. The molecule has 1 aromatic rings. The normalized spacial score (nSPS) is 19.5. The van der Waals surface area contributed by atoms with E-state index in [2.05, 4.69) is 109 Å². The molecular formula is C49H95N7O2. The number of piperidine rings is 2. The fraction of sp³-hybridized carbons (Fsp3) is 0.918. The Hall–Kier alpha value is -1.84. The highest BCUT2D eigenvalue weighted by Crippen LogP contribution is 2.34. The molecule has 1 aromatic heterocycles. The maximum Gasteiger partial charge on any atom is 0.308 e. The molecule has 0 spiro atoms. The van der Waals surface area contributed by atoms with Crippen molar-refractivity contribution in [3.63, 3.8) is 0 Å². The van der Waals surface area contributed by atoms with E-state index in [-0.39, 0.29) is 34.0 Å². The number of rotatable bonds is 24. The third kappa shape index (κ3) is 21.1. The Kier molecular flexibility index (Phi) is 22.7. The van der Waals surface area contributed by atoms with E-state index in [0.717, 1.165) is 43.4 Å². The largest absolute Gasteiger partial charge is 0.465 e. The Bertz CT molecular complexity index is 1240. The second kappa shape index (κ2) is 25.2. The molecule has 338 valence electrons. The lowest BCUT2D eigenvalue weighted by molar-refractivity contribution is -0.149. The summed E-state index contributed by atoms with van der Waals surface area (Å²) < 4.78 is 5.31. The average Bonchev–Trinajstić information content (AvgIpc) is 3.08. The molecule has 1 atom stereocenters. The van der Waals surface area contributed by atoms with Crippen LogP contribution in [0.25, 0.3) is 0 Å². The number of carbonyl (C=O) groups is 1. The molecule has 3 heterocycles. The summed E-state index contributed by atoms with van der Waals surface area (Å²) in [5, 5.41) is 7.65. The van der Waals surface area contributed by atoms with E-state index in [1.807, 2.05) is 20.8 Å². The molecule has 2 N–H and O–H groups in total. The molecule has 58 heavy (non-hydrogen) atoms. The van der Waals surface area contributed by atoms with Gasteiger partial charge in [-0.3, -0.25) is 4.79 Å². The van der Waals surface area contributed by atoms with E-state index in [9.17, 15) is 4.79 Å². The molecule has 0 amide bonds. The van der Waals surface area contributed by atoms with Gasteiger partial charge in [0.2, 0.25) is 5.95 Å². The van der Waals surface area contributed by atoms with Crippen molar-refractivity contribution in [1.82, 2.24) is 30.5 Å². The minimum Gasteiger partial charge on any atom is -0.465 e. The summed E-state index contributed by atoms with van der Waals surface area (Å²) in [7, 11) is 2.33. The van der Waals surface area contributed by atoms with Crippen molar-refractivity contribution in [1.29, 1.82) is 0 Å². The minimum atomic E-state index is -0.0305. The Labute approximate surface area is 359 Å². The van der Waals surface area contributed by atoms with Crippen molar-refractivity contribution in [3.8, 4) is 0 Å². The van der Waals surface area contributed by atoms with Crippen LogP contribution in [0.3, 0.4) is 0 Å². The Balaban J connectivity index is 0.000000472. The monoisotopic (exact) mass is 814 g/mol. The van der Waals surface area contributed by atoms with E-state index in [0.29, 0.717) is 24.6 Å². The first-order valence-electron chi connectivity index (χ1n) is 24.0. The molecule has 0 aliphatic carbocycles. The van der Waals surface area contributed by atoms with Crippen LogP contribution in [0, 0.1) is 25.7 Å². The third-order valence-corrected chi connectivity index (χ3v) is 12.5. The zero-order valence-electron chi connectivity index (χ0n) is 40.9. The fourth-order valence-electron chi connectivity index (χ4n) is 9.76. The van der Waals surface area contributed by atoms with E-state index in [1.165, 1.54) is 109 Å².